The molecule has 48 heteroatoms. The summed E-state index contributed by atoms with van der Waals surface area (Å²) in [4.78, 5) is 65.6. The number of rotatable bonds is 24. The fraction of sp³-hybridized carbons (Fsp3) is 0.222. The summed E-state index contributed by atoms with van der Waals surface area (Å²) >= 11 is 0. The monoisotopic (exact) mass is 1600 g/mol. The SMILES string of the molecule is O=C([O-])COc1c2cc(S(=O)(=O)O)cc1Cc1cc(S(=O)(=O)O)cc(c1OCC(=O)[O-])Cc1cc(S(=O)(=O)O)cc(c1OCC(=O)[O-])Cc1cc(S(=O)(=O)O)cc(c1OCC(=O)[O-])Cc1cc(S(=O)(=O)O)cc(c1OCC(=O)[O-])Cc1cc(S(=O)(=O)O)cc(c1OCC(=O)[O-])C2.[Na+].[Na+].[Na+].[Na+].[Na+].[Na+]. The van der Waals surface area contributed by atoms with E-state index in [2.05, 4.69) is 0 Å². The number of ether oxygens (including phenoxy) is 6. The molecule has 0 aromatic heterocycles. The van der Waals surface area contributed by atoms with Gasteiger partial charge in [-0.1, -0.05) is 0 Å². The summed E-state index contributed by atoms with van der Waals surface area (Å²) in [5, 5.41) is 73.1. The van der Waals surface area contributed by atoms with Gasteiger partial charge in [0, 0.05) is 105 Å². The summed E-state index contributed by atoms with van der Waals surface area (Å²) in [5.74, 6) is -18.1. The Bertz CT molecular complexity index is 4050. The fourth-order valence-electron chi connectivity index (χ4n) is 9.93. The smallest absolute Gasteiger partial charge is 0.546 e. The van der Waals surface area contributed by atoms with Crippen LogP contribution in [0.5, 0.6) is 34.5 Å². The van der Waals surface area contributed by atoms with E-state index in [9.17, 15) is 137 Å². The van der Waals surface area contributed by atoms with Gasteiger partial charge in [0.1, 0.15) is 74.1 Å². The van der Waals surface area contributed by atoms with Crippen molar-refractivity contribution in [1.29, 1.82) is 0 Å². The largest absolute Gasteiger partial charge is 1.00 e. The molecule has 0 spiro atoms. The van der Waals surface area contributed by atoms with Crippen molar-refractivity contribution in [3.63, 3.8) is 0 Å². The first kappa shape index (κ1) is 96.4. The minimum Gasteiger partial charge on any atom is -0.546 e. The molecule has 0 unspecified atom stereocenters. The molecule has 7 rings (SSSR count). The number of carbonyl (C=O) groups is 6. The molecule has 0 saturated heterocycles. The minimum atomic E-state index is -5.65. The number of aliphatic carboxylic acids is 6. The van der Waals surface area contributed by atoms with Gasteiger partial charge in [0.25, 0.3) is 60.7 Å². The first-order valence-corrected chi connectivity index (χ1v) is 34.7. The van der Waals surface area contributed by atoms with E-state index in [4.69, 9.17) is 28.4 Å². The van der Waals surface area contributed by atoms with Crippen LogP contribution in [0.1, 0.15) is 66.8 Å². The third-order valence-electron chi connectivity index (χ3n) is 13.4. The average molecular weight is 1600 g/mol. The van der Waals surface area contributed by atoms with E-state index in [1.807, 2.05) is 0 Å². The number of benzene rings is 6. The maximum atomic E-state index is 13.3. The van der Waals surface area contributed by atoms with Gasteiger partial charge in [-0.25, -0.2) is 0 Å². The topological polar surface area (TPSA) is 622 Å². The zero-order valence-electron chi connectivity index (χ0n) is 53.8. The molecule has 0 saturated carbocycles. The zero-order valence-corrected chi connectivity index (χ0v) is 70.7. The van der Waals surface area contributed by atoms with Crippen molar-refractivity contribution in [3.05, 3.63) is 140 Å². The number of carboxylic acids is 6. The van der Waals surface area contributed by atoms with Gasteiger partial charge in [-0.2, -0.15) is 50.5 Å². The van der Waals surface area contributed by atoms with Crippen LogP contribution in [0.25, 0.3) is 0 Å². The number of hydrogen-bond donors (Lipinski definition) is 6. The van der Waals surface area contributed by atoms with E-state index in [0.717, 1.165) is 0 Å². The molecule has 1 aliphatic carbocycles. The molecule has 0 fully saturated rings. The van der Waals surface area contributed by atoms with E-state index in [0.29, 0.717) is 72.8 Å². The van der Waals surface area contributed by atoms with Gasteiger partial charge in [-0.15, -0.1) is 0 Å². The first-order chi connectivity index (χ1) is 44.3. The van der Waals surface area contributed by atoms with Crippen LogP contribution in [0.4, 0.5) is 0 Å². The number of fused-ring (bicyclic) bond motifs is 12. The van der Waals surface area contributed by atoms with Crippen molar-refractivity contribution in [3.8, 4) is 34.5 Å². The van der Waals surface area contributed by atoms with Crippen molar-refractivity contribution in [2.24, 2.45) is 0 Å². The third kappa shape index (κ3) is 26.4. The summed E-state index contributed by atoms with van der Waals surface area (Å²) in [6.45, 7) is -9.46. The number of carbonyl (C=O) groups excluding carboxylic acids is 6. The second-order valence-corrected chi connectivity index (χ2v) is 28.8. The maximum Gasteiger partial charge on any atom is 1.00 e. The van der Waals surface area contributed by atoms with E-state index < -0.39 is 305 Å². The van der Waals surface area contributed by atoms with E-state index in [1.165, 1.54) is 0 Å². The molecule has 36 nitrogen and oxygen atoms in total. The Labute approximate surface area is 711 Å². The van der Waals surface area contributed by atoms with E-state index >= 15 is 0 Å². The molecule has 6 aromatic carbocycles. The van der Waals surface area contributed by atoms with Crippen LogP contribution in [0.3, 0.4) is 0 Å². The second-order valence-electron chi connectivity index (χ2n) is 20.3. The first-order valence-electron chi connectivity index (χ1n) is 26.0. The zero-order chi connectivity index (χ0) is 71.5. The van der Waals surface area contributed by atoms with Gasteiger partial charge in [0.05, 0.1) is 65.2 Å². The third-order valence-corrected chi connectivity index (χ3v) is 18.4. The van der Waals surface area contributed by atoms with Gasteiger partial charge in [-0.05, 0) is 72.8 Å². The van der Waals surface area contributed by atoms with E-state index in [-0.39, 0.29) is 177 Å². The Kier molecular flexibility index (Phi) is 36.8. The van der Waals surface area contributed by atoms with Gasteiger partial charge in [0.2, 0.25) is 0 Å². The van der Waals surface area contributed by atoms with Crippen molar-refractivity contribution in [2.75, 3.05) is 39.6 Å². The van der Waals surface area contributed by atoms with Crippen LogP contribution in [0.15, 0.2) is 102 Å². The second kappa shape index (κ2) is 39.0. The van der Waals surface area contributed by atoms with Crippen molar-refractivity contribution >= 4 is 96.5 Å². The fourth-order valence-corrected chi connectivity index (χ4v) is 13.4. The van der Waals surface area contributed by atoms with Crippen LogP contribution in [-0.4, -0.2) is 153 Å². The van der Waals surface area contributed by atoms with Crippen molar-refractivity contribution in [1.82, 2.24) is 0 Å². The van der Waals surface area contributed by atoms with Crippen LogP contribution >= 0.6 is 0 Å². The Morgan fingerprint density at radius 3 is 0.392 bits per heavy atom. The van der Waals surface area contributed by atoms with Gasteiger partial charge in [-0.3, -0.25) is 27.3 Å². The molecule has 6 aromatic rings. The summed E-state index contributed by atoms with van der Waals surface area (Å²) in [5.41, 5.74) is -9.53. The minimum absolute atomic E-state index is 0. The summed E-state index contributed by atoms with van der Waals surface area (Å²) in [6.07, 6.45) is -7.45. The quantitative estimate of drug-likeness (QED) is 0.0242. The van der Waals surface area contributed by atoms with Crippen molar-refractivity contribution < 1.29 is 343 Å². The Morgan fingerprint density at radius 1 is 0.235 bits per heavy atom. The predicted octanol–water partition coefficient (Wildman–Crippen LogP) is -24.2. The van der Waals surface area contributed by atoms with E-state index in [1.54, 1.807) is 0 Å². The molecule has 6 N–H and O–H groups in total. The van der Waals surface area contributed by atoms with Crippen LogP contribution in [-0.2, 0) is 128 Å². The molecule has 0 atom stereocenters. The van der Waals surface area contributed by atoms with Gasteiger partial charge >= 0.3 is 177 Å². The molecule has 0 radical (unpaired) electrons. The van der Waals surface area contributed by atoms with Crippen molar-refractivity contribution in [2.45, 2.75) is 67.9 Å². The Morgan fingerprint density at radius 2 is 0.324 bits per heavy atom. The molecule has 0 aliphatic heterocycles. The summed E-state index contributed by atoms with van der Waals surface area (Å²) < 4.78 is 256. The number of carboxylic acid groups (broad SMARTS) is 6. The average Bonchev–Trinajstić information content (AvgIpc) is 0.772. The normalized spacial score (nSPS) is 12.3. The summed E-state index contributed by atoms with van der Waals surface area (Å²) in [7, 11) is -33.9. The maximum absolute atomic E-state index is 13.3. The molecule has 12 bridgehead atoms. The summed E-state index contributed by atoms with van der Waals surface area (Å²) in [6, 6.07) is 5.81. The predicted molar refractivity (Wildman–Crippen MR) is 297 cm³/mol. The Balaban J connectivity index is 0.00000867. The molecule has 1 aliphatic rings. The van der Waals surface area contributed by atoms with Crippen LogP contribution in [0.2, 0.25) is 0 Å². The molecular weight excluding hydrogens is 1550 g/mol. The molecular formula is C54H42Na6O36S6. The number of hydrogen-bond acceptors (Lipinski definition) is 30. The molecule has 0 heterocycles. The van der Waals surface area contributed by atoms with Gasteiger partial charge in [0.15, 0.2) is 0 Å². The molecule has 0 amide bonds. The van der Waals surface area contributed by atoms with Crippen LogP contribution < -0.4 is 236 Å². The van der Waals surface area contributed by atoms with Crippen LogP contribution in [0, 0.1) is 0 Å². The molecule has 102 heavy (non-hydrogen) atoms. The standard InChI is InChI=1S/C54H48O36S6.6Na/c55-43(56)19-85-49-25-1-26-8-38(92(70,71)72)10-28(50(26)86-20-44(57)58)3-30-12-40(94(76,77)78)14-32(52(30)88-22-46(61)62)5-34-16-42(96(82,83)84)18-36(54(34)90-24-48(65)66)6-35-17-41(95(79,80)81)15-33(53(35)89-23-47(63)64)4-31-13-39(93(73,74)75)11-29(51(31)87-21-45(59)60)2-27(49)9-37(7-25)91(67,68)69;;;;;;/h7-18H,1-6,19-24H2,(H,55,56)(H,57,58)(H,59,60)(H,61,62)(H,63,64)(H,65,66)(H,67,68,69)(H,70,71,72)(H,73,74,75)(H,76,77,78)(H,79,80,81)(H,82,83,84);;;;;;/q;6*+1/p-6. The van der Waals surface area contributed by atoms with Gasteiger partial charge < -0.3 is 87.8 Å². The Hall–Kier alpha value is -3.60. The molecule has 516 valence electrons.